The van der Waals surface area contributed by atoms with Crippen molar-refractivity contribution in [2.24, 2.45) is 23.2 Å². The molecule has 0 unspecified atom stereocenters. The monoisotopic (exact) mass is 349 g/mol. The largest absolute Gasteiger partial charge is 0.417 e. The standard InChI is InChI=1S/C23H27NO2/c1-15-17-13-20(21(14-17)23(15,2)3)16-9-11-19(12-10-16)26-22(25)24-18-7-5-4-6-8-18/h4-12,15,17,20-21H,13-14H2,1-3H3,(H,24,25)/t15-,17-,20+,21+/m0/s1. The first-order valence-electron chi connectivity index (χ1n) is 9.59. The molecule has 2 bridgehead atoms. The normalized spacial score (nSPS) is 28.7. The van der Waals surface area contributed by atoms with Crippen LogP contribution >= 0.6 is 0 Å². The number of amides is 1. The summed E-state index contributed by atoms with van der Waals surface area (Å²) in [5, 5.41) is 2.74. The van der Waals surface area contributed by atoms with Gasteiger partial charge in [0.15, 0.2) is 0 Å². The fraction of sp³-hybridized carbons (Fsp3) is 0.435. The molecular formula is C23H27NO2. The third-order valence-electron chi connectivity index (χ3n) is 6.97. The Morgan fingerprint density at radius 1 is 1.04 bits per heavy atom. The molecule has 3 nitrogen and oxygen atoms in total. The van der Waals surface area contributed by atoms with Crippen molar-refractivity contribution >= 4 is 11.8 Å². The van der Waals surface area contributed by atoms with E-state index in [4.69, 9.17) is 4.74 Å². The highest BCUT2D eigenvalue weighted by Crippen LogP contribution is 2.64. The van der Waals surface area contributed by atoms with Crippen molar-refractivity contribution in [1.29, 1.82) is 0 Å². The molecule has 0 saturated heterocycles. The van der Waals surface area contributed by atoms with Crippen molar-refractivity contribution < 1.29 is 9.53 Å². The molecule has 136 valence electrons. The number of rotatable bonds is 3. The highest BCUT2D eigenvalue weighted by Gasteiger charge is 2.55. The van der Waals surface area contributed by atoms with Crippen LogP contribution in [0.3, 0.4) is 0 Å². The number of carbonyl (C=O) groups is 1. The minimum absolute atomic E-state index is 0.415. The lowest BCUT2D eigenvalue weighted by Gasteiger charge is -2.41. The maximum Gasteiger partial charge on any atom is 0.417 e. The van der Waals surface area contributed by atoms with Gasteiger partial charge in [-0.05, 0) is 71.8 Å². The van der Waals surface area contributed by atoms with E-state index in [1.54, 1.807) is 0 Å². The van der Waals surface area contributed by atoms with E-state index >= 15 is 0 Å². The molecule has 0 aromatic heterocycles. The molecule has 26 heavy (non-hydrogen) atoms. The molecule has 2 aliphatic carbocycles. The number of anilines is 1. The molecule has 3 heteroatoms. The first kappa shape index (κ1) is 17.1. The van der Waals surface area contributed by atoms with Crippen LogP contribution in [-0.4, -0.2) is 6.09 Å². The first-order valence-corrected chi connectivity index (χ1v) is 9.59. The third kappa shape index (κ3) is 3.00. The van der Waals surface area contributed by atoms with Crippen molar-refractivity contribution in [3.8, 4) is 5.75 Å². The van der Waals surface area contributed by atoms with Crippen LogP contribution in [0.25, 0.3) is 0 Å². The summed E-state index contributed by atoms with van der Waals surface area (Å²) in [6.07, 6.45) is 2.19. The van der Waals surface area contributed by atoms with Crippen molar-refractivity contribution in [3.63, 3.8) is 0 Å². The van der Waals surface area contributed by atoms with Gasteiger partial charge < -0.3 is 4.74 Å². The lowest BCUT2D eigenvalue weighted by molar-refractivity contribution is 0.118. The topological polar surface area (TPSA) is 38.3 Å². The number of ether oxygens (including phenoxy) is 1. The van der Waals surface area contributed by atoms with E-state index in [1.807, 2.05) is 42.5 Å². The van der Waals surface area contributed by atoms with E-state index in [0.717, 1.165) is 23.4 Å². The molecule has 2 aliphatic rings. The molecule has 2 aromatic rings. The minimum Gasteiger partial charge on any atom is -0.410 e. The molecule has 2 saturated carbocycles. The Bertz CT molecular complexity index is 782. The van der Waals surface area contributed by atoms with E-state index in [0.29, 0.717) is 17.1 Å². The maximum atomic E-state index is 12.0. The molecule has 1 amide bonds. The molecule has 0 heterocycles. The number of nitrogens with one attached hydrogen (secondary N) is 1. The minimum atomic E-state index is -0.459. The van der Waals surface area contributed by atoms with Gasteiger partial charge in [0.2, 0.25) is 0 Å². The SMILES string of the molecule is C[C@H]1[C@H]2C[C@H](c3ccc(OC(=O)Nc4ccccc4)cc3)[C@@H](C2)C1(C)C. The lowest BCUT2D eigenvalue weighted by atomic mass is 9.64. The highest BCUT2D eigenvalue weighted by molar-refractivity contribution is 5.86. The average Bonchev–Trinajstić information content (AvgIpc) is 3.16. The predicted molar refractivity (Wildman–Crippen MR) is 104 cm³/mol. The zero-order valence-electron chi connectivity index (χ0n) is 15.7. The van der Waals surface area contributed by atoms with Crippen LogP contribution in [0.2, 0.25) is 0 Å². The van der Waals surface area contributed by atoms with Crippen LogP contribution in [0.4, 0.5) is 10.5 Å². The second-order valence-electron chi connectivity index (χ2n) is 8.50. The molecule has 4 rings (SSSR count). The van der Waals surface area contributed by atoms with Crippen molar-refractivity contribution in [2.45, 2.75) is 39.5 Å². The molecule has 1 N–H and O–H groups in total. The summed E-state index contributed by atoms with van der Waals surface area (Å²) < 4.78 is 5.41. The Hall–Kier alpha value is -2.29. The Balaban J connectivity index is 1.41. The van der Waals surface area contributed by atoms with E-state index in [9.17, 15) is 4.79 Å². The van der Waals surface area contributed by atoms with Crippen LogP contribution in [0.15, 0.2) is 54.6 Å². The van der Waals surface area contributed by atoms with Crippen LogP contribution in [0.5, 0.6) is 5.75 Å². The molecule has 2 fully saturated rings. The van der Waals surface area contributed by atoms with Gasteiger partial charge in [-0.15, -0.1) is 0 Å². The van der Waals surface area contributed by atoms with E-state index in [2.05, 4.69) is 38.2 Å². The quantitative estimate of drug-likeness (QED) is 0.729. The number of hydrogen-bond acceptors (Lipinski definition) is 2. The fourth-order valence-corrected chi connectivity index (χ4v) is 5.18. The maximum absolute atomic E-state index is 12.0. The summed E-state index contributed by atoms with van der Waals surface area (Å²) in [7, 11) is 0. The van der Waals surface area contributed by atoms with Crippen LogP contribution in [-0.2, 0) is 0 Å². The van der Waals surface area contributed by atoms with Gasteiger partial charge in [0.05, 0.1) is 0 Å². The average molecular weight is 349 g/mol. The van der Waals surface area contributed by atoms with E-state index in [1.165, 1.54) is 18.4 Å². The number of para-hydroxylation sites is 1. The molecule has 0 radical (unpaired) electrons. The third-order valence-corrected chi connectivity index (χ3v) is 6.97. The summed E-state index contributed by atoms with van der Waals surface area (Å²) in [6, 6.07) is 17.4. The summed E-state index contributed by atoms with van der Waals surface area (Å²) in [4.78, 5) is 12.0. The van der Waals surface area contributed by atoms with Gasteiger partial charge in [-0.1, -0.05) is 51.1 Å². The second kappa shape index (κ2) is 6.46. The Morgan fingerprint density at radius 3 is 2.35 bits per heavy atom. The first-order chi connectivity index (χ1) is 12.4. The zero-order chi connectivity index (χ0) is 18.3. The summed E-state index contributed by atoms with van der Waals surface area (Å²) in [5.41, 5.74) is 2.53. The van der Waals surface area contributed by atoms with Gasteiger partial charge in [-0.3, -0.25) is 5.32 Å². The fourth-order valence-electron chi connectivity index (χ4n) is 5.18. The Morgan fingerprint density at radius 2 is 1.73 bits per heavy atom. The number of benzene rings is 2. The van der Waals surface area contributed by atoms with E-state index in [-0.39, 0.29) is 0 Å². The van der Waals surface area contributed by atoms with E-state index < -0.39 is 6.09 Å². The van der Waals surface area contributed by atoms with Crippen molar-refractivity contribution in [2.75, 3.05) is 5.32 Å². The van der Waals surface area contributed by atoms with Gasteiger partial charge >= 0.3 is 6.09 Å². The van der Waals surface area contributed by atoms with Crippen LogP contribution in [0.1, 0.15) is 45.1 Å². The van der Waals surface area contributed by atoms with Gasteiger partial charge in [0.1, 0.15) is 5.75 Å². The summed E-state index contributed by atoms with van der Waals surface area (Å²) in [5.74, 6) is 3.65. The molecule has 4 atom stereocenters. The Kier molecular flexibility index (Phi) is 4.26. The summed E-state index contributed by atoms with van der Waals surface area (Å²) in [6.45, 7) is 7.28. The lowest BCUT2D eigenvalue weighted by Crippen LogP contribution is -2.32. The predicted octanol–water partition coefficient (Wildman–Crippen LogP) is 6.08. The van der Waals surface area contributed by atoms with Crippen LogP contribution in [0, 0.1) is 23.2 Å². The number of fused-ring (bicyclic) bond motifs is 2. The van der Waals surface area contributed by atoms with Gasteiger partial charge in [0.25, 0.3) is 0 Å². The molecule has 0 aliphatic heterocycles. The molecular weight excluding hydrogens is 322 g/mol. The Labute approximate surface area is 155 Å². The number of carbonyl (C=O) groups excluding carboxylic acids is 1. The van der Waals surface area contributed by atoms with Gasteiger partial charge in [-0.25, -0.2) is 4.79 Å². The second-order valence-corrected chi connectivity index (χ2v) is 8.50. The van der Waals surface area contributed by atoms with Crippen molar-refractivity contribution in [3.05, 3.63) is 60.2 Å². The van der Waals surface area contributed by atoms with Crippen LogP contribution < -0.4 is 10.1 Å². The summed E-state index contributed by atoms with van der Waals surface area (Å²) >= 11 is 0. The van der Waals surface area contributed by atoms with Gasteiger partial charge in [-0.2, -0.15) is 0 Å². The highest BCUT2D eigenvalue weighted by atomic mass is 16.6. The molecule has 2 aromatic carbocycles. The number of hydrogen-bond donors (Lipinski definition) is 1. The zero-order valence-corrected chi connectivity index (χ0v) is 15.7. The van der Waals surface area contributed by atoms with Crippen molar-refractivity contribution in [1.82, 2.24) is 0 Å². The molecule has 0 spiro atoms. The smallest absolute Gasteiger partial charge is 0.410 e. The van der Waals surface area contributed by atoms with Gasteiger partial charge in [0, 0.05) is 5.69 Å².